The molecule has 0 atom stereocenters. The summed E-state index contributed by atoms with van der Waals surface area (Å²) in [6.07, 6.45) is 1.37. The van der Waals surface area contributed by atoms with E-state index in [1.54, 1.807) is 18.0 Å². The van der Waals surface area contributed by atoms with Crippen molar-refractivity contribution in [3.05, 3.63) is 56.2 Å². The maximum Gasteiger partial charge on any atom is 0.263 e. The summed E-state index contributed by atoms with van der Waals surface area (Å²) in [6, 6.07) is 9.16. The van der Waals surface area contributed by atoms with Crippen LogP contribution in [0.25, 0.3) is 0 Å². The van der Waals surface area contributed by atoms with Gasteiger partial charge in [-0.05, 0) is 35.9 Å². The van der Waals surface area contributed by atoms with Crippen molar-refractivity contribution in [2.24, 2.45) is 5.92 Å². The second-order valence-electron chi connectivity index (χ2n) is 6.45. The topological polar surface area (TPSA) is 40.6 Å². The first-order valence-corrected chi connectivity index (χ1v) is 10.1. The van der Waals surface area contributed by atoms with Gasteiger partial charge in [0.25, 0.3) is 5.91 Å². The number of amides is 2. The number of likely N-dealkylation sites (tertiary alicyclic amines) is 1. The zero-order valence-corrected chi connectivity index (χ0v) is 16.8. The van der Waals surface area contributed by atoms with Crippen LogP contribution in [0.2, 0.25) is 10.0 Å². The molecular weight excluding hydrogens is 391 g/mol. The number of nitrogens with zero attached hydrogens (tertiary/aromatic N) is 2. The zero-order chi connectivity index (χ0) is 18.7. The number of hydrogen-bond donors (Lipinski definition) is 0. The lowest BCUT2D eigenvalue weighted by Gasteiger charge is -2.33. The minimum atomic E-state index is -0.0645. The number of benzene rings is 1. The number of carbonyl (C=O) groups is 2. The quantitative estimate of drug-likeness (QED) is 0.740. The van der Waals surface area contributed by atoms with Gasteiger partial charge < -0.3 is 9.80 Å². The van der Waals surface area contributed by atoms with Gasteiger partial charge in [0.05, 0.1) is 14.9 Å². The van der Waals surface area contributed by atoms with Crippen molar-refractivity contribution in [1.82, 2.24) is 9.80 Å². The summed E-state index contributed by atoms with van der Waals surface area (Å²) in [5.74, 6) is 0.0829. The minimum Gasteiger partial charge on any atom is -0.341 e. The molecule has 26 heavy (non-hydrogen) atoms. The van der Waals surface area contributed by atoms with Gasteiger partial charge in [-0.15, -0.1) is 11.3 Å². The molecule has 1 aromatic carbocycles. The van der Waals surface area contributed by atoms with Gasteiger partial charge in [0, 0.05) is 32.6 Å². The Morgan fingerprint density at radius 1 is 1.19 bits per heavy atom. The Bertz CT molecular complexity index is 787. The van der Waals surface area contributed by atoms with Crippen molar-refractivity contribution in [2.75, 3.05) is 20.1 Å². The Morgan fingerprint density at radius 2 is 1.92 bits per heavy atom. The van der Waals surface area contributed by atoms with E-state index in [0.717, 1.165) is 10.4 Å². The Kier molecular flexibility index (Phi) is 6.22. The fourth-order valence-corrected chi connectivity index (χ4v) is 4.27. The number of piperidine rings is 1. The number of hydrogen-bond acceptors (Lipinski definition) is 3. The van der Waals surface area contributed by atoms with E-state index in [2.05, 4.69) is 0 Å². The van der Waals surface area contributed by atoms with Crippen LogP contribution in [-0.4, -0.2) is 41.8 Å². The van der Waals surface area contributed by atoms with Crippen molar-refractivity contribution in [1.29, 1.82) is 0 Å². The molecule has 0 saturated carbocycles. The molecule has 1 aliphatic rings. The molecule has 2 heterocycles. The molecule has 0 unspecified atom stereocenters. The third kappa shape index (κ3) is 4.22. The first-order valence-electron chi connectivity index (χ1n) is 8.48. The smallest absolute Gasteiger partial charge is 0.263 e. The molecule has 0 spiro atoms. The van der Waals surface area contributed by atoms with Crippen LogP contribution in [0.5, 0.6) is 0 Å². The van der Waals surface area contributed by atoms with Gasteiger partial charge in [-0.2, -0.15) is 0 Å². The highest BCUT2D eigenvalue weighted by Crippen LogP contribution is 2.27. The van der Waals surface area contributed by atoms with E-state index in [9.17, 15) is 9.59 Å². The summed E-state index contributed by atoms with van der Waals surface area (Å²) < 4.78 is 0. The van der Waals surface area contributed by atoms with E-state index in [0.29, 0.717) is 42.5 Å². The molecule has 1 aromatic heterocycles. The Hall–Kier alpha value is -1.56. The zero-order valence-electron chi connectivity index (χ0n) is 14.5. The van der Waals surface area contributed by atoms with Gasteiger partial charge in [-0.3, -0.25) is 9.59 Å². The first kappa shape index (κ1) is 19.2. The monoisotopic (exact) mass is 410 g/mol. The highest BCUT2D eigenvalue weighted by Gasteiger charge is 2.30. The minimum absolute atomic E-state index is 0.0602. The molecule has 2 aromatic rings. The molecule has 138 valence electrons. The van der Waals surface area contributed by atoms with Crippen LogP contribution in [0.3, 0.4) is 0 Å². The lowest BCUT2D eigenvalue weighted by molar-refractivity contribution is -0.136. The summed E-state index contributed by atoms with van der Waals surface area (Å²) in [4.78, 5) is 29.4. The summed E-state index contributed by atoms with van der Waals surface area (Å²) in [5, 5.41) is 2.88. The molecule has 4 nitrogen and oxygen atoms in total. The maximum absolute atomic E-state index is 12.8. The lowest BCUT2D eigenvalue weighted by atomic mass is 9.95. The standard InChI is InChI=1S/C19H20Cl2N2O2S/c1-22(12-14-4-2-5-15(20)17(14)21)18(24)13-7-9-23(10-8-13)19(25)16-6-3-11-26-16/h2-6,11,13H,7-10,12H2,1H3. The molecular formula is C19H20Cl2N2O2S. The molecule has 1 saturated heterocycles. The molecule has 0 N–H and O–H groups in total. The number of carbonyl (C=O) groups excluding carboxylic acids is 2. The second-order valence-corrected chi connectivity index (χ2v) is 8.18. The molecule has 2 amide bonds. The summed E-state index contributed by atoms with van der Waals surface area (Å²) >= 11 is 13.7. The summed E-state index contributed by atoms with van der Waals surface area (Å²) in [7, 11) is 1.78. The van der Waals surface area contributed by atoms with Gasteiger partial charge in [0.15, 0.2) is 0 Å². The normalized spacial score (nSPS) is 15.1. The molecule has 1 aliphatic heterocycles. The van der Waals surface area contributed by atoms with Crippen molar-refractivity contribution in [3.8, 4) is 0 Å². The largest absolute Gasteiger partial charge is 0.341 e. The molecule has 0 bridgehead atoms. The van der Waals surface area contributed by atoms with E-state index in [4.69, 9.17) is 23.2 Å². The van der Waals surface area contributed by atoms with Gasteiger partial charge in [-0.1, -0.05) is 41.4 Å². The molecule has 0 radical (unpaired) electrons. The Balaban J connectivity index is 1.56. The van der Waals surface area contributed by atoms with Crippen LogP contribution in [0, 0.1) is 5.92 Å². The van der Waals surface area contributed by atoms with Crippen molar-refractivity contribution >= 4 is 46.4 Å². The summed E-state index contributed by atoms with van der Waals surface area (Å²) in [5.41, 5.74) is 0.834. The first-order chi connectivity index (χ1) is 12.5. The Morgan fingerprint density at radius 3 is 2.58 bits per heavy atom. The van der Waals surface area contributed by atoms with E-state index in [1.807, 2.05) is 34.5 Å². The molecule has 1 fully saturated rings. The predicted molar refractivity (Wildman–Crippen MR) is 106 cm³/mol. The second kappa shape index (κ2) is 8.42. The Labute approximate surface area is 167 Å². The van der Waals surface area contributed by atoms with E-state index < -0.39 is 0 Å². The van der Waals surface area contributed by atoms with Gasteiger partial charge in [0.1, 0.15) is 0 Å². The van der Waals surface area contributed by atoms with Crippen molar-refractivity contribution in [2.45, 2.75) is 19.4 Å². The van der Waals surface area contributed by atoms with Crippen LogP contribution >= 0.6 is 34.5 Å². The number of rotatable bonds is 4. The highest BCUT2D eigenvalue weighted by molar-refractivity contribution is 7.12. The van der Waals surface area contributed by atoms with Crippen LogP contribution in [0.15, 0.2) is 35.7 Å². The molecule has 0 aliphatic carbocycles. The van der Waals surface area contributed by atoms with Crippen molar-refractivity contribution < 1.29 is 9.59 Å². The van der Waals surface area contributed by atoms with Crippen LogP contribution < -0.4 is 0 Å². The SMILES string of the molecule is CN(Cc1cccc(Cl)c1Cl)C(=O)C1CCN(C(=O)c2cccs2)CC1. The van der Waals surface area contributed by atoms with Crippen LogP contribution in [0.4, 0.5) is 0 Å². The fraction of sp³-hybridized carbons (Fsp3) is 0.368. The average molecular weight is 411 g/mol. The van der Waals surface area contributed by atoms with Gasteiger partial charge >= 0.3 is 0 Å². The van der Waals surface area contributed by atoms with Crippen LogP contribution in [-0.2, 0) is 11.3 Å². The molecule has 3 rings (SSSR count). The third-order valence-corrected chi connectivity index (χ3v) is 6.39. The average Bonchev–Trinajstić information content (AvgIpc) is 3.19. The lowest BCUT2D eigenvalue weighted by Crippen LogP contribution is -2.43. The summed E-state index contributed by atoms with van der Waals surface area (Å²) in [6.45, 7) is 1.64. The van der Waals surface area contributed by atoms with Gasteiger partial charge in [0.2, 0.25) is 5.91 Å². The maximum atomic E-state index is 12.8. The number of thiophene rings is 1. The van der Waals surface area contributed by atoms with E-state index >= 15 is 0 Å². The third-order valence-electron chi connectivity index (χ3n) is 4.68. The van der Waals surface area contributed by atoms with E-state index in [-0.39, 0.29) is 17.7 Å². The van der Waals surface area contributed by atoms with Gasteiger partial charge in [-0.25, -0.2) is 0 Å². The van der Waals surface area contributed by atoms with Crippen molar-refractivity contribution in [3.63, 3.8) is 0 Å². The molecule has 7 heteroatoms. The fourth-order valence-electron chi connectivity index (χ4n) is 3.20. The highest BCUT2D eigenvalue weighted by atomic mass is 35.5. The predicted octanol–water partition coefficient (Wildman–Crippen LogP) is 4.57. The number of halogens is 2. The van der Waals surface area contributed by atoms with Crippen LogP contribution in [0.1, 0.15) is 28.1 Å². The van der Waals surface area contributed by atoms with E-state index in [1.165, 1.54) is 11.3 Å².